The summed E-state index contributed by atoms with van der Waals surface area (Å²) in [5.74, 6) is -0.457. The predicted octanol–water partition coefficient (Wildman–Crippen LogP) is 1.31. The number of carbonyl (C=O) groups is 2. The van der Waals surface area contributed by atoms with Crippen LogP contribution < -0.4 is 5.73 Å². The molecular weight excluding hydrogens is 254 g/mol. The minimum atomic E-state index is -0.312. The molecule has 0 bridgehead atoms. The van der Waals surface area contributed by atoms with E-state index in [9.17, 15) is 9.59 Å². The average Bonchev–Trinajstić information content (AvgIpc) is 2.42. The first-order chi connectivity index (χ1) is 9.36. The molecule has 0 radical (unpaired) electrons. The van der Waals surface area contributed by atoms with Crippen molar-refractivity contribution in [3.8, 4) is 0 Å². The van der Waals surface area contributed by atoms with E-state index in [0.29, 0.717) is 12.2 Å². The fourth-order valence-electron chi connectivity index (χ4n) is 1.90. The van der Waals surface area contributed by atoms with Crippen molar-refractivity contribution in [2.75, 3.05) is 32.9 Å². The Morgan fingerprint density at radius 3 is 2.45 bits per heavy atom. The zero-order valence-corrected chi connectivity index (χ0v) is 12.6. The number of anilines is 1. The van der Waals surface area contributed by atoms with Crippen molar-refractivity contribution in [3.05, 3.63) is 29.8 Å². The lowest BCUT2D eigenvalue weighted by Crippen LogP contribution is -2.41. The van der Waals surface area contributed by atoms with Crippen LogP contribution in [0.1, 0.15) is 25.3 Å². The third-order valence-electron chi connectivity index (χ3n) is 3.30. The molecule has 0 aliphatic heterocycles. The number of hydrogen-bond donors (Lipinski definition) is 1. The Balaban J connectivity index is 2.83. The van der Waals surface area contributed by atoms with E-state index in [1.807, 2.05) is 26.0 Å². The Hall–Kier alpha value is -2.04. The van der Waals surface area contributed by atoms with Gasteiger partial charge in [-0.25, -0.2) is 0 Å². The largest absolute Gasteiger partial charge is 0.399 e. The van der Waals surface area contributed by atoms with Gasteiger partial charge < -0.3 is 15.5 Å². The lowest BCUT2D eigenvalue weighted by molar-refractivity contribution is -0.139. The molecule has 0 heterocycles. The summed E-state index contributed by atoms with van der Waals surface area (Å²) in [5.41, 5.74) is 7.24. The molecule has 20 heavy (non-hydrogen) atoms. The Kier molecular flexibility index (Phi) is 5.55. The van der Waals surface area contributed by atoms with Gasteiger partial charge in [0.15, 0.2) is 0 Å². The van der Waals surface area contributed by atoms with Gasteiger partial charge in [0.2, 0.25) is 11.8 Å². The molecule has 5 nitrogen and oxygen atoms in total. The van der Waals surface area contributed by atoms with Crippen molar-refractivity contribution >= 4 is 17.5 Å². The zero-order chi connectivity index (χ0) is 15.3. The summed E-state index contributed by atoms with van der Waals surface area (Å²) in [6.45, 7) is 4.31. The third-order valence-corrected chi connectivity index (χ3v) is 3.30. The Morgan fingerprint density at radius 1 is 1.30 bits per heavy atom. The zero-order valence-electron chi connectivity index (χ0n) is 12.6. The second-order valence-corrected chi connectivity index (χ2v) is 5.03. The van der Waals surface area contributed by atoms with Crippen molar-refractivity contribution in [2.24, 2.45) is 0 Å². The van der Waals surface area contributed by atoms with Gasteiger partial charge >= 0.3 is 0 Å². The monoisotopic (exact) mass is 277 g/mol. The number of amides is 2. The van der Waals surface area contributed by atoms with E-state index in [0.717, 1.165) is 5.56 Å². The van der Waals surface area contributed by atoms with Gasteiger partial charge in [-0.3, -0.25) is 9.59 Å². The fourth-order valence-corrected chi connectivity index (χ4v) is 1.90. The van der Waals surface area contributed by atoms with Crippen LogP contribution in [0.2, 0.25) is 0 Å². The normalized spacial score (nSPS) is 11.8. The summed E-state index contributed by atoms with van der Waals surface area (Å²) in [5, 5.41) is 0. The fraction of sp³-hybridized carbons (Fsp3) is 0.467. The van der Waals surface area contributed by atoms with Crippen molar-refractivity contribution in [3.63, 3.8) is 0 Å². The van der Waals surface area contributed by atoms with Crippen molar-refractivity contribution in [1.82, 2.24) is 9.80 Å². The predicted molar refractivity (Wildman–Crippen MR) is 80.2 cm³/mol. The highest BCUT2D eigenvalue weighted by atomic mass is 16.2. The summed E-state index contributed by atoms with van der Waals surface area (Å²) in [6.07, 6.45) is 0. The topological polar surface area (TPSA) is 66.6 Å². The van der Waals surface area contributed by atoms with Crippen LogP contribution in [0.5, 0.6) is 0 Å². The molecule has 1 aromatic carbocycles. The minimum absolute atomic E-state index is 0.0618. The smallest absolute Gasteiger partial charge is 0.241 e. The van der Waals surface area contributed by atoms with E-state index >= 15 is 0 Å². The molecule has 0 saturated heterocycles. The standard InChI is InChI=1S/C15H23N3O2/c1-5-18(10-14(19)17(3)4)15(20)11(2)12-7-6-8-13(16)9-12/h6-9,11H,5,10,16H2,1-4H3. The number of carbonyl (C=O) groups excluding carboxylic acids is 2. The maximum Gasteiger partial charge on any atom is 0.241 e. The van der Waals surface area contributed by atoms with Gasteiger partial charge in [0, 0.05) is 26.3 Å². The van der Waals surface area contributed by atoms with Crippen LogP contribution in [-0.2, 0) is 9.59 Å². The van der Waals surface area contributed by atoms with Gasteiger partial charge in [-0.2, -0.15) is 0 Å². The number of nitrogens with two attached hydrogens (primary N) is 1. The average molecular weight is 277 g/mol. The van der Waals surface area contributed by atoms with Crippen LogP contribution in [-0.4, -0.2) is 48.8 Å². The van der Waals surface area contributed by atoms with Gasteiger partial charge in [0.25, 0.3) is 0 Å². The molecule has 2 amide bonds. The summed E-state index contributed by atoms with van der Waals surface area (Å²) in [7, 11) is 3.37. The Bertz CT molecular complexity index is 486. The highest BCUT2D eigenvalue weighted by molar-refractivity contribution is 5.88. The molecule has 2 N–H and O–H groups in total. The maximum atomic E-state index is 12.5. The van der Waals surface area contributed by atoms with Gasteiger partial charge in [-0.15, -0.1) is 0 Å². The van der Waals surface area contributed by atoms with E-state index in [2.05, 4.69) is 0 Å². The van der Waals surface area contributed by atoms with E-state index in [4.69, 9.17) is 5.73 Å². The van der Waals surface area contributed by atoms with Crippen LogP contribution in [0.15, 0.2) is 24.3 Å². The minimum Gasteiger partial charge on any atom is -0.399 e. The molecule has 0 fully saturated rings. The molecular formula is C15H23N3O2. The molecule has 0 aliphatic carbocycles. The second kappa shape index (κ2) is 6.93. The SMILES string of the molecule is CCN(CC(=O)N(C)C)C(=O)C(C)c1cccc(N)c1. The van der Waals surface area contributed by atoms with E-state index in [1.165, 1.54) is 4.90 Å². The number of hydrogen-bond acceptors (Lipinski definition) is 3. The summed E-state index contributed by atoms with van der Waals surface area (Å²) in [4.78, 5) is 27.3. The Labute approximate surface area is 120 Å². The number of rotatable bonds is 5. The molecule has 0 aromatic heterocycles. The number of benzene rings is 1. The second-order valence-electron chi connectivity index (χ2n) is 5.03. The van der Waals surface area contributed by atoms with Crippen molar-refractivity contribution in [1.29, 1.82) is 0 Å². The molecule has 0 aliphatic rings. The van der Waals surface area contributed by atoms with Crippen LogP contribution in [0.3, 0.4) is 0 Å². The van der Waals surface area contributed by atoms with Gasteiger partial charge in [-0.05, 0) is 31.5 Å². The molecule has 0 saturated carbocycles. The van der Waals surface area contributed by atoms with E-state index in [-0.39, 0.29) is 24.3 Å². The molecule has 110 valence electrons. The quantitative estimate of drug-likeness (QED) is 0.825. The third kappa shape index (κ3) is 3.98. The molecule has 5 heteroatoms. The highest BCUT2D eigenvalue weighted by Crippen LogP contribution is 2.20. The maximum absolute atomic E-state index is 12.5. The van der Waals surface area contributed by atoms with Crippen molar-refractivity contribution in [2.45, 2.75) is 19.8 Å². The van der Waals surface area contributed by atoms with Gasteiger partial charge in [0.05, 0.1) is 12.5 Å². The first-order valence-corrected chi connectivity index (χ1v) is 6.71. The van der Waals surface area contributed by atoms with E-state index in [1.54, 1.807) is 31.1 Å². The van der Waals surface area contributed by atoms with Crippen LogP contribution >= 0.6 is 0 Å². The number of nitrogens with zero attached hydrogens (tertiary/aromatic N) is 2. The van der Waals surface area contributed by atoms with Gasteiger partial charge in [-0.1, -0.05) is 12.1 Å². The summed E-state index contributed by atoms with van der Waals surface area (Å²) >= 11 is 0. The number of nitrogen functional groups attached to an aromatic ring is 1. The first-order valence-electron chi connectivity index (χ1n) is 6.71. The van der Waals surface area contributed by atoms with Crippen LogP contribution in [0.25, 0.3) is 0 Å². The molecule has 0 spiro atoms. The first kappa shape index (κ1) is 16.0. The lowest BCUT2D eigenvalue weighted by atomic mass is 9.99. The highest BCUT2D eigenvalue weighted by Gasteiger charge is 2.23. The molecule has 1 rings (SSSR count). The van der Waals surface area contributed by atoms with Gasteiger partial charge in [0.1, 0.15) is 0 Å². The number of likely N-dealkylation sites (N-methyl/N-ethyl adjacent to an activating group) is 2. The summed E-state index contributed by atoms with van der Waals surface area (Å²) < 4.78 is 0. The Morgan fingerprint density at radius 2 is 1.95 bits per heavy atom. The van der Waals surface area contributed by atoms with Crippen LogP contribution in [0.4, 0.5) is 5.69 Å². The van der Waals surface area contributed by atoms with Crippen molar-refractivity contribution < 1.29 is 9.59 Å². The van der Waals surface area contributed by atoms with Crippen LogP contribution in [0, 0.1) is 0 Å². The molecule has 1 aromatic rings. The lowest BCUT2D eigenvalue weighted by Gasteiger charge is -2.25. The molecule has 1 unspecified atom stereocenters. The summed E-state index contributed by atoms with van der Waals surface area (Å²) in [6, 6.07) is 7.29. The van der Waals surface area contributed by atoms with E-state index < -0.39 is 0 Å². The molecule has 1 atom stereocenters.